The number of nitrogens with zero attached hydrogens (tertiary/aromatic N) is 1. The van der Waals surface area contributed by atoms with Gasteiger partial charge in [-0.1, -0.05) is 12.1 Å². The quantitative estimate of drug-likeness (QED) is 0.587. The molecule has 0 aliphatic rings. The molecule has 0 aliphatic carbocycles. The molecule has 0 amide bonds. The van der Waals surface area contributed by atoms with Gasteiger partial charge in [0.25, 0.3) is 0 Å². The van der Waals surface area contributed by atoms with Gasteiger partial charge >= 0.3 is 6.98 Å². The maximum Gasteiger partial charge on any atom is 0.509 e. The third-order valence-electron chi connectivity index (χ3n) is 1.42. The van der Waals surface area contributed by atoms with Crippen molar-refractivity contribution in [2.45, 2.75) is 0 Å². The largest absolute Gasteiger partial charge is 0.509 e. The maximum absolute atomic E-state index is 12.0. The fraction of sp³-hybridized carbons (Fsp3) is 0. The van der Waals surface area contributed by atoms with E-state index in [-0.39, 0.29) is 5.56 Å². The smallest absolute Gasteiger partial charge is 0.445 e. The molecular weight excluding hydrogens is 166 g/mol. The van der Waals surface area contributed by atoms with E-state index < -0.39 is 12.4 Å². The first kappa shape index (κ1) is 8.66. The van der Waals surface area contributed by atoms with Gasteiger partial charge in [-0.2, -0.15) is 5.26 Å². The van der Waals surface area contributed by atoms with Gasteiger partial charge in [0.15, 0.2) is 0 Å². The Balaban J connectivity index is 3.02. The summed E-state index contributed by atoms with van der Waals surface area (Å²) in [6, 6.07) is 5.89. The van der Waals surface area contributed by atoms with E-state index in [0.29, 0.717) is 0 Å². The van der Waals surface area contributed by atoms with E-state index in [0.717, 1.165) is 24.3 Å². The van der Waals surface area contributed by atoms with Crippen molar-refractivity contribution in [3.63, 3.8) is 0 Å². The third-order valence-corrected chi connectivity index (χ3v) is 1.42. The van der Waals surface area contributed by atoms with Gasteiger partial charge in [-0.25, -0.2) is 0 Å². The molecule has 0 atom stereocenters. The molecule has 12 heavy (non-hydrogen) atoms. The first-order valence-electron chi connectivity index (χ1n) is 3.24. The van der Waals surface area contributed by atoms with Gasteiger partial charge in [0, 0.05) is 0 Å². The van der Waals surface area contributed by atoms with E-state index in [1.54, 1.807) is 6.07 Å². The molecule has 0 unspecified atom stereocenters. The Morgan fingerprint density at radius 1 is 1.08 bits per heavy atom. The van der Waals surface area contributed by atoms with Crippen molar-refractivity contribution in [2.24, 2.45) is 0 Å². The molecule has 1 aromatic rings. The molecule has 1 nitrogen and oxygen atoms in total. The molecule has 0 saturated carbocycles. The highest BCUT2D eigenvalue weighted by Crippen LogP contribution is 2.08. The van der Waals surface area contributed by atoms with Gasteiger partial charge in [-0.15, -0.1) is 5.46 Å². The first-order valence-corrected chi connectivity index (χ1v) is 3.24. The van der Waals surface area contributed by atoms with Crippen LogP contribution in [0, 0.1) is 11.3 Å². The molecule has 1 aromatic carbocycles. The minimum absolute atomic E-state index is 0.235. The lowest BCUT2D eigenvalue weighted by molar-refractivity contribution is 0.501. The summed E-state index contributed by atoms with van der Waals surface area (Å²) in [5, 5.41) is 8.31. The molecule has 0 aromatic heterocycles. The number of hydrogen-bond donors (Lipinski definition) is 0. The molecule has 0 saturated heterocycles. The average molecular weight is 170 g/mol. The highest BCUT2D eigenvalue weighted by atomic mass is 19.4. The monoisotopic (exact) mass is 170 g/mol. The molecule has 0 heterocycles. The van der Waals surface area contributed by atoms with Crippen LogP contribution in [-0.2, 0) is 0 Å². The number of benzene rings is 1. The van der Waals surface area contributed by atoms with E-state index in [4.69, 9.17) is 5.26 Å². The summed E-state index contributed by atoms with van der Waals surface area (Å²) >= 11 is 0. The zero-order chi connectivity index (χ0) is 9.19. The second-order valence-corrected chi connectivity index (χ2v) is 2.31. The van der Waals surface area contributed by atoms with E-state index in [1.165, 1.54) is 0 Å². The predicted molar refractivity (Wildman–Crippen MR) is 39.9 cm³/mol. The minimum Gasteiger partial charge on any atom is -0.445 e. The van der Waals surface area contributed by atoms with Crippen LogP contribution in [0.5, 0.6) is 0 Å². The standard InChI is InChI=1S/C7H4BF3N/c9-8(10,11)7-3-1-6(5-12)2-4-7/h1-4H/q-1. The van der Waals surface area contributed by atoms with Crippen LogP contribution in [0.25, 0.3) is 0 Å². The van der Waals surface area contributed by atoms with Crippen molar-refractivity contribution in [3.05, 3.63) is 29.8 Å². The van der Waals surface area contributed by atoms with Crippen LogP contribution in [0.4, 0.5) is 12.9 Å². The zero-order valence-electron chi connectivity index (χ0n) is 5.97. The molecule has 0 radical (unpaired) electrons. The van der Waals surface area contributed by atoms with Crippen molar-refractivity contribution in [1.82, 2.24) is 0 Å². The third kappa shape index (κ3) is 1.79. The summed E-state index contributed by atoms with van der Waals surface area (Å²) in [4.78, 5) is 0. The van der Waals surface area contributed by atoms with Gasteiger partial charge in [0.05, 0.1) is 11.6 Å². The molecule has 5 heteroatoms. The van der Waals surface area contributed by atoms with Crippen molar-refractivity contribution < 1.29 is 12.9 Å². The lowest BCUT2D eigenvalue weighted by Gasteiger charge is -2.13. The van der Waals surface area contributed by atoms with Gasteiger partial charge in [0.2, 0.25) is 0 Å². The van der Waals surface area contributed by atoms with Crippen molar-refractivity contribution in [1.29, 1.82) is 5.26 Å². The zero-order valence-corrected chi connectivity index (χ0v) is 5.97. The summed E-state index contributed by atoms with van der Waals surface area (Å²) in [5.41, 5.74) is -0.437. The van der Waals surface area contributed by atoms with Crippen LogP contribution in [0.15, 0.2) is 24.3 Å². The van der Waals surface area contributed by atoms with Gasteiger partial charge in [0.1, 0.15) is 0 Å². The molecule has 0 spiro atoms. The molecule has 0 fully saturated rings. The summed E-state index contributed by atoms with van der Waals surface area (Å²) in [5.74, 6) is 0. The van der Waals surface area contributed by atoms with Gasteiger partial charge in [-0.05, 0) is 12.1 Å². The van der Waals surface area contributed by atoms with Crippen molar-refractivity contribution in [3.8, 4) is 6.07 Å². The Morgan fingerprint density at radius 2 is 1.58 bits per heavy atom. The van der Waals surface area contributed by atoms with Crippen LogP contribution in [0.3, 0.4) is 0 Å². The summed E-state index contributed by atoms with van der Waals surface area (Å²) in [6.45, 7) is -4.93. The SMILES string of the molecule is N#Cc1ccc([B-](F)(F)F)cc1. The fourth-order valence-electron chi connectivity index (χ4n) is 0.776. The first-order chi connectivity index (χ1) is 5.54. The Bertz CT molecular complexity index is 309. The average Bonchev–Trinajstić information content (AvgIpc) is 2.03. The highest BCUT2D eigenvalue weighted by Gasteiger charge is 2.24. The van der Waals surface area contributed by atoms with Gasteiger partial charge in [-0.3, -0.25) is 0 Å². The molecule has 0 N–H and O–H groups in total. The Hall–Kier alpha value is -1.44. The van der Waals surface area contributed by atoms with Crippen molar-refractivity contribution >= 4 is 12.4 Å². The maximum atomic E-state index is 12.0. The molecule has 1 rings (SSSR count). The predicted octanol–water partition coefficient (Wildman–Crippen LogP) is 1.61. The Labute approximate surface area is 67.5 Å². The van der Waals surface area contributed by atoms with E-state index >= 15 is 0 Å². The van der Waals surface area contributed by atoms with E-state index in [2.05, 4.69) is 0 Å². The Kier molecular flexibility index (Phi) is 2.09. The number of halogens is 3. The Morgan fingerprint density at radius 3 is 1.92 bits per heavy atom. The summed E-state index contributed by atoms with van der Waals surface area (Å²) in [7, 11) is 0. The topological polar surface area (TPSA) is 23.8 Å². The normalized spacial score (nSPS) is 10.8. The number of hydrogen-bond acceptors (Lipinski definition) is 1. The van der Waals surface area contributed by atoms with Crippen LogP contribution in [-0.4, -0.2) is 6.98 Å². The highest BCUT2D eigenvalue weighted by molar-refractivity contribution is 6.73. The fourth-order valence-corrected chi connectivity index (χ4v) is 0.776. The minimum atomic E-state index is -4.93. The van der Waals surface area contributed by atoms with E-state index in [1.807, 2.05) is 0 Å². The number of nitriles is 1. The lowest BCUT2D eigenvalue weighted by atomic mass is 9.80. The second-order valence-electron chi connectivity index (χ2n) is 2.31. The molecule has 62 valence electrons. The summed E-state index contributed by atoms with van der Waals surface area (Å²) < 4.78 is 36.0. The summed E-state index contributed by atoms with van der Waals surface area (Å²) in [6.07, 6.45) is 0. The molecule has 0 aliphatic heterocycles. The number of rotatable bonds is 1. The van der Waals surface area contributed by atoms with Crippen LogP contribution in [0.2, 0.25) is 0 Å². The molecular formula is C7H4BF3N-. The lowest BCUT2D eigenvalue weighted by Crippen LogP contribution is -2.33. The van der Waals surface area contributed by atoms with Crippen LogP contribution < -0.4 is 5.46 Å². The van der Waals surface area contributed by atoms with Crippen molar-refractivity contribution in [2.75, 3.05) is 0 Å². The van der Waals surface area contributed by atoms with Gasteiger partial charge < -0.3 is 12.9 Å². The van der Waals surface area contributed by atoms with Crippen LogP contribution in [0.1, 0.15) is 5.56 Å². The second kappa shape index (κ2) is 2.90. The van der Waals surface area contributed by atoms with E-state index in [9.17, 15) is 12.9 Å². The molecule has 0 bridgehead atoms. The van der Waals surface area contributed by atoms with Crippen LogP contribution >= 0.6 is 0 Å².